The number of nitrogens with zero attached hydrogens (tertiary/aromatic N) is 2. The predicted octanol–water partition coefficient (Wildman–Crippen LogP) is 3.42. The summed E-state index contributed by atoms with van der Waals surface area (Å²) in [7, 11) is 1.84. The first-order valence-electron chi connectivity index (χ1n) is 10.4. The Morgan fingerprint density at radius 1 is 1.11 bits per heavy atom. The molecule has 5 nitrogen and oxygen atoms in total. The number of hydrogen-bond acceptors (Lipinski definition) is 3. The molecule has 2 rings (SSSR count). The largest absolute Gasteiger partial charge is 0.379 e. The number of halogens is 1. The smallest absolute Gasteiger partial charge is 0.191 e. The van der Waals surface area contributed by atoms with E-state index in [1.165, 1.54) is 17.5 Å². The molecule has 1 saturated heterocycles. The highest BCUT2D eigenvalue weighted by molar-refractivity contribution is 14.0. The number of aryl methyl sites for hydroxylation is 1. The molecule has 1 aromatic rings. The Morgan fingerprint density at radius 3 is 2.39 bits per heavy atom. The third-order valence-corrected chi connectivity index (χ3v) is 5.36. The van der Waals surface area contributed by atoms with Crippen molar-refractivity contribution < 1.29 is 4.74 Å². The van der Waals surface area contributed by atoms with Gasteiger partial charge >= 0.3 is 0 Å². The Hall–Kier alpha value is -0.860. The zero-order valence-corrected chi connectivity index (χ0v) is 20.4. The number of morpholine rings is 1. The molecule has 0 amide bonds. The lowest BCUT2D eigenvalue weighted by Crippen LogP contribution is -2.43. The first-order valence-corrected chi connectivity index (χ1v) is 10.4. The molecule has 2 N–H and O–H groups in total. The van der Waals surface area contributed by atoms with E-state index in [1.54, 1.807) is 0 Å². The Bertz CT molecular complexity index is 568. The number of ether oxygens (including phenoxy) is 1. The van der Waals surface area contributed by atoms with E-state index in [9.17, 15) is 0 Å². The number of hydrogen-bond donors (Lipinski definition) is 2. The normalized spacial score (nSPS) is 15.8. The summed E-state index contributed by atoms with van der Waals surface area (Å²) in [6, 6.07) is 8.97. The minimum absolute atomic E-state index is 0. The summed E-state index contributed by atoms with van der Waals surface area (Å²) in [5.41, 5.74) is 2.80. The third-order valence-electron chi connectivity index (χ3n) is 5.36. The van der Waals surface area contributed by atoms with Crippen molar-refractivity contribution in [2.45, 2.75) is 45.4 Å². The standard InChI is InChI=1S/C22H38N4O.HI/c1-5-19-8-10-20(11-9-19)22(2,3)18-25-21(23-4)24-12-6-7-13-26-14-16-27-17-15-26;/h8-11H,5-7,12-18H2,1-4H3,(H2,23,24,25);1H. The number of benzene rings is 1. The van der Waals surface area contributed by atoms with E-state index in [4.69, 9.17) is 4.74 Å². The molecule has 0 saturated carbocycles. The molecule has 0 atom stereocenters. The number of aliphatic imine (C=N–C) groups is 1. The maximum Gasteiger partial charge on any atom is 0.191 e. The second-order valence-electron chi connectivity index (χ2n) is 7.95. The second kappa shape index (κ2) is 13.4. The van der Waals surface area contributed by atoms with E-state index in [0.29, 0.717) is 0 Å². The van der Waals surface area contributed by atoms with Gasteiger partial charge in [-0.3, -0.25) is 9.89 Å². The highest BCUT2D eigenvalue weighted by Gasteiger charge is 2.20. The summed E-state index contributed by atoms with van der Waals surface area (Å²) in [6.45, 7) is 13.6. The van der Waals surface area contributed by atoms with Gasteiger partial charge in [0.25, 0.3) is 0 Å². The van der Waals surface area contributed by atoms with Crippen LogP contribution in [-0.2, 0) is 16.6 Å². The van der Waals surface area contributed by atoms with Crippen LogP contribution in [0.2, 0.25) is 0 Å². The molecule has 1 aliphatic rings. The van der Waals surface area contributed by atoms with Crippen molar-refractivity contribution in [2.24, 2.45) is 4.99 Å². The van der Waals surface area contributed by atoms with Crippen molar-refractivity contribution in [3.05, 3.63) is 35.4 Å². The van der Waals surface area contributed by atoms with Gasteiger partial charge in [-0.05, 0) is 36.9 Å². The molecule has 0 aliphatic carbocycles. The fourth-order valence-corrected chi connectivity index (χ4v) is 3.31. The quantitative estimate of drug-likeness (QED) is 0.235. The SMILES string of the molecule is CCc1ccc(C(C)(C)CNC(=NC)NCCCCN2CCOCC2)cc1.I. The van der Waals surface area contributed by atoms with Gasteiger partial charge in [0, 0.05) is 38.6 Å². The van der Waals surface area contributed by atoms with Gasteiger partial charge in [0.2, 0.25) is 0 Å². The lowest BCUT2D eigenvalue weighted by atomic mass is 9.84. The van der Waals surface area contributed by atoms with Crippen LogP contribution in [0.1, 0.15) is 44.7 Å². The molecule has 1 fully saturated rings. The molecular weight excluding hydrogens is 463 g/mol. The van der Waals surface area contributed by atoms with E-state index >= 15 is 0 Å². The summed E-state index contributed by atoms with van der Waals surface area (Å²) in [5, 5.41) is 6.93. The summed E-state index contributed by atoms with van der Waals surface area (Å²) >= 11 is 0. The molecular formula is C22H39IN4O. The molecule has 1 aromatic carbocycles. The van der Waals surface area contributed by atoms with Gasteiger partial charge in [0.05, 0.1) is 13.2 Å². The lowest BCUT2D eigenvalue weighted by molar-refractivity contribution is 0.0372. The van der Waals surface area contributed by atoms with Crippen LogP contribution >= 0.6 is 24.0 Å². The molecule has 1 heterocycles. The van der Waals surface area contributed by atoms with Crippen LogP contribution in [0.5, 0.6) is 0 Å². The fraction of sp³-hybridized carbons (Fsp3) is 0.682. The molecule has 28 heavy (non-hydrogen) atoms. The number of unbranched alkanes of at least 4 members (excludes halogenated alkanes) is 1. The van der Waals surface area contributed by atoms with E-state index in [-0.39, 0.29) is 29.4 Å². The third kappa shape index (κ3) is 8.66. The van der Waals surface area contributed by atoms with Crippen LogP contribution in [0.25, 0.3) is 0 Å². The molecule has 0 spiro atoms. The van der Waals surface area contributed by atoms with Gasteiger partial charge in [0.15, 0.2) is 5.96 Å². The van der Waals surface area contributed by atoms with E-state index in [1.807, 2.05) is 7.05 Å². The molecule has 1 aliphatic heterocycles. The highest BCUT2D eigenvalue weighted by Crippen LogP contribution is 2.22. The summed E-state index contributed by atoms with van der Waals surface area (Å²) < 4.78 is 5.39. The molecule has 0 bridgehead atoms. The monoisotopic (exact) mass is 502 g/mol. The van der Waals surface area contributed by atoms with E-state index in [2.05, 4.69) is 65.6 Å². The lowest BCUT2D eigenvalue weighted by Gasteiger charge is -2.27. The summed E-state index contributed by atoms with van der Waals surface area (Å²) in [5.74, 6) is 0.889. The molecule has 0 radical (unpaired) electrons. The number of guanidine groups is 1. The zero-order valence-electron chi connectivity index (χ0n) is 18.1. The van der Waals surface area contributed by atoms with Gasteiger partial charge in [-0.1, -0.05) is 45.0 Å². The van der Waals surface area contributed by atoms with Crippen molar-refractivity contribution in [3.63, 3.8) is 0 Å². The molecule has 0 unspecified atom stereocenters. The average Bonchev–Trinajstić information content (AvgIpc) is 2.71. The van der Waals surface area contributed by atoms with Gasteiger partial charge < -0.3 is 15.4 Å². The Morgan fingerprint density at radius 2 is 1.79 bits per heavy atom. The zero-order chi connectivity index (χ0) is 19.5. The van der Waals surface area contributed by atoms with Crippen LogP contribution in [-0.4, -0.2) is 63.8 Å². The van der Waals surface area contributed by atoms with E-state index in [0.717, 1.165) is 64.7 Å². The first kappa shape index (κ1) is 25.2. The maximum absolute atomic E-state index is 5.39. The van der Waals surface area contributed by atoms with Crippen LogP contribution in [0.4, 0.5) is 0 Å². The second-order valence-corrected chi connectivity index (χ2v) is 7.95. The first-order chi connectivity index (χ1) is 13.0. The van der Waals surface area contributed by atoms with Gasteiger partial charge in [-0.25, -0.2) is 0 Å². The van der Waals surface area contributed by atoms with E-state index < -0.39 is 0 Å². The fourth-order valence-electron chi connectivity index (χ4n) is 3.31. The number of rotatable bonds is 9. The van der Waals surface area contributed by atoms with Crippen molar-refractivity contribution in [3.8, 4) is 0 Å². The minimum atomic E-state index is 0. The average molecular weight is 502 g/mol. The van der Waals surface area contributed by atoms with Crippen LogP contribution in [0.3, 0.4) is 0 Å². The van der Waals surface area contributed by atoms with Gasteiger partial charge in [-0.2, -0.15) is 0 Å². The number of nitrogens with one attached hydrogen (secondary N) is 2. The summed E-state index contributed by atoms with van der Waals surface area (Å²) in [6.07, 6.45) is 3.44. The summed E-state index contributed by atoms with van der Waals surface area (Å²) in [4.78, 5) is 6.86. The van der Waals surface area contributed by atoms with Crippen LogP contribution in [0, 0.1) is 0 Å². The molecule has 160 valence electrons. The minimum Gasteiger partial charge on any atom is -0.379 e. The predicted molar refractivity (Wildman–Crippen MR) is 130 cm³/mol. The Balaban J connectivity index is 0.00000392. The maximum atomic E-state index is 5.39. The topological polar surface area (TPSA) is 48.9 Å². The molecule has 6 heteroatoms. The van der Waals surface area contributed by atoms with Gasteiger partial charge in [0.1, 0.15) is 0 Å². The van der Waals surface area contributed by atoms with Crippen molar-refractivity contribution in [1.29, 1.82) is 0 Å². The van der Waals surface area contributed by atoms with Crippen LogP contribution < -0.4 is 10.6 Å². The van der Waals surface area contributed by atoms with Crippen molar-refractivity contribution in [1.82, 2.24) is 15.5 Å². The molecule has 0 aromatic heterocycles. The Kier molecular flexibility index (Phi) is 12.0. The van der Waals surface area contributed by atoms with Crippen molar-refractivity contribution in [2.75, 3.05) is 53.0 Å². The highest BCUT2D eigenvalue weighted by atomic mass is 127. The van der Waals surface area contributed by atoms with Crippen molar-refractivity contribution >= 4 is 29.9 Å². The van der Waals surface area contributed by atoms with Gasteiger partial charge in [-0.15, -0.1) is 24.0 Å². The van der Waals surface area contributed by atoms with Crippen LogP contribution in [0.15, 0.2) is 29.3 Å². The Labute approximate surface area is 188 Å².